The molecule has 2 aromatic carbocycles. The number of nitrogens with zero attached hydrogens (tertiary/aromatic N) is 1. The van der Waals surface area contributed by atoms with Crippen LogP contribution in [-0.4, -0.2) is 36.7 Å². The molecule has 0 radical (unpaired) electrons. The second kappa shape index (κ2) is 6.92. The number of carbonyl (C=O) groups excluding carboxylic acids is 2. The highest BCUT2D eigenvalue weighted by Gasteiger charge is 2.41. The molecule has 0 bridgehead atoms. The molecular weight excluding hydrogens is 360 g/mol. The van der Waals surface area contributed by atoms with Gasteiger partial charge in [-0.15, -0.1) is 0 Å². The molecule has 0 saturated carbocycles. The lowest BCUT2D eigenvalue weighted by Crippen LogP contribution is -2.38. The number of hydrogen-bond donors (Lipinski definition) is 1. The zero-order chi connectivity index (χ0) is 19.8. The van der Waals surface area contributed by atoms with E-state index in [0.29, 0.717) is 28.5 Å². The van der Waals surface area contributed by atoms with Crippen LogP contribution in [0.3, 0.4) is 0 Å². The summed E-state index contributed by atoms with van der Waals surface area (Å²) < 4.78 is 16.1. The van der Waals surface area contributed by atoms with Gasteiger partial charge >= 0.3 is 0 Å². The molecule has 4 rings (SSSR count). The molecule has 0 fully saturated rings. The molecule has 2 aromatic rings. The van der Waals surface area contributed by atoms with Crippen LogP contribution in [0.4, 0.5) is 5.69 Å². The molecule has 0 atom stereocenters. The van der Waals surface area contributed by atoms with Crippen molar-refractivity contribution >= 4 is 23.1 Å². The SMILES string of the molecule is COc1ccccc1C1=C(Nc2ccc3c(c2)OCO3)C(=O)N(C(C)C)C1=O. The number of carbonyl (C=O) groups is 2. The van der Waals surface area contributed by atoms with Crippen LogP contribution < -0.4 is 19.5 Å². The van der Waals surface area contributed by atoms with Crippen molar-refractivity contribution in [2.45, 2.75) is 19.9 Å². The predicted octanol–water partition coefficient (Wildman–Crippen LogP) is 3.02. The largest absolute Gasteiger partial charge is 0.496 e. The molecule has 1 N–H and O–H groups in total. The van der Waals surface area contributed by atoms with Crippen molar-refractivity contribution < 1.29 is 23.8 Å². The Labute approximate surface area is 162 Å². The zero-order valence-corrected chi connectivity index (χ0v) is 15.8. The van der Waals surface area contributed by atoms with Crippen molar-refractivity contribution in [1.82, 2.24) is 4.90 Å². The Morgan fingerprint density at radius 1 is 1.04 bits per heavy atom. The highest BCUT2D eigenvalue weighted by Crippen LogP contribution is 2.38. The molecule has 7 heteroatoms. The Balaban J connectivity index is 1.82. The summed E-state index contributed by atoms with van der Waals surface area (Å²) in [4.78, 5) is 27.4. The number of para-hydroxylation sites is 1. The number of hydrogen-bond acceptors (Lipinski definition) is 6. The normalized spacial score (nSPS) is 15.6. The van der Waals surface area contributed by atoms with Gasteiger partial charge in [0.05, 0.1) is 12.7 Å². The first kappa shape index (κ1) is 17.9. The highest BCUT2D eigenvalue weighted by atomic mass is 16.7. The molecular formula is C21H20N2O5. The van der Waals surface area contributed by atoms with Gasteiger partial charge in [-0.3, -0.25) is 14.5 Å². The Morgan fingerprint density at radius 3 is 2.54 bits per heavy atom. The minimum absolute atomic E-state index is 0.159. The van der Waals surface area contributed by atoms with Crippen LogP contribution in [0.2, 0.25) is 0 Å². The smallest absolute Gasteiger partial charge is 0.278 e. The van der Waals surface area contributed by atoms with E-state index < -0.39 is 0 Å². The first-order chi connectivity index (χ1) is 13.5. The van der Waals surface area contributed by atoms with Gasteiger partial charge < -0.3 is 19.5 Å². The fourth-order valence-electron chi connectivity index (χ4n) is 3.35. The summed E-state index contributed by atoms with van der Waals surface area (Å²) in [5.41, 5.74) is 1.68. The molecule has 0 spiro atoms. The van der Waals surface area contributed by atoms with Crippen LogP contribution >= 0.6 is 0 Å². The van der Waals surface area contributed by atoms with E-state index in [1.54, 1.807) is 50.2 Å². The average molecular weight is 380 g/mol. The van der Waals surface area contributed by atoms with E-state index in [4.69, 9.17) is 14.2 Å². The number of ether oxygens (including phenoxy) is 3. The Kier molecular flexibility index (Phi) is 4.43. The third kappa shape index (κ3) is 2.85. The van der Waals surface area contributed by atoms with E-state index in [-0.39, 0.29) is 35.9 Å². The summed E-state index contributed by atoms with van der Waals surface area (Å²) >= 11 is 0. The third-order valence-electron chi connectivity index (χ3n) is 4.65. The van der Waals surface area contributed by atoms with Crippen molar-refractivity contribution in [2.24, 2.45) is 0 Å². The lowest BCUT2D eigenvalue weighted by atomic mass is 10.0. The Hall–Kier alpha value is -3.48. The average Bonchev–Trinajstić information content (AvgIpc) is 3.24. The first-order valence-electron chi connectivity index (χ1n) is 8.93. The summed E-state index contributed by atoms with van der Waals surface area (Å²) in [6, 6.07) is 12.1. The van der Waals surface area contributed by atoms with Gasteiger partial charge in [-0.1, -0.05) is 18.2 Å². The highest BCUT2D eigenvalue weighted by molar-refractivity contribution is 6.37. The van der Waals surface area contributed by atoms with Crippen molar-refractivity contribution in [3.63, 3.8) is 0 Å². The van der Waals surface area contributed by atoms with Gasteiger partial charge in [0.15, 0.2) is 11.5 Å². The number of methoxy groups -OCH3 is 1. The van der Waals surface area contributed by atoms with E-state index in [1.165, 1.54) is 12.0 Å². The first-order valence-corrected chi connectivity index (χ1v) is 8.93. The summed E-state index contributed by atoms with van der Waals surface area (Å²) in [5.74, 6) is 1.02. The Bertz CT molecular complexity index is 996. The number of benzene rings is 2. The van der Waals surface area contributed by atoms with Gasteiger partial charge in [0, 0.05) is 23.4 Å². The van der Waals surface area contributed by atoms with Gasteiger partial charge in [-0.25, -0.2) is 0 Å². The quantitative estimate of drug-likeness (QED) is 0.804. The molecule has 2 aliphatic heterocycles. The molecule has 28 heavy (non-hydrogen) atoms. The molecule has 2 aliphatic rings. The number of anilines is 1. The van der Waals surface area contributed by atoms with Crippen LogP contribution in [0.15, 0.2) is 48.2 Å². The molecule has 0 aliphatic carbocycles. The molecule has 144 valence electrons. The molecule has 7 nitrogen and oxygen atoms in total. The van der Waals surface area contributed by atoms with Crippen molar-refractivity contribution in [3.05, 3.63) is 53.7 Å². The topological polar surface area (TPSA) is 77.1 Å². The van der Waals surface area contributed by atoms with Gasteiger partial charge in [-0.05, 0) is 32.0 Å². The summed E-state index contributed by atoms with van der Waals surface area (Å²) in [6.45, 7) is 3.77. The maximum atomic E-state index is 13.1. The van der Waals surface area contributed by atoms with E-state index in [1.807, 2.05) is 6.07 Å². The minimum Gasteiger partial charge on any atom is -0.496 e. The van der Waals surface area contributed by atoms with Crippen LogP contribution in [-0.2, 0) is 9.59 Å². The van der Waals surface area contributed by atoms with E-state index in [9.17, 15) is 9.59 Å². The van der Waals surface area contributed by atoms with Gasteiger partial charge in [0.1, 0.15) is 11.4 Å². The van der Waals surface area contributed by atoms with Crippen LogP contribution in [0.5, 0.6) is 17.2 Å². The number of amides is 2. The Morgan fingerprint density at radius 2 is 1.79 bits per heavy atom. The minimum atomic E-state index is -0.376. The number of fused-ring (bicyclic) bond motifs is 1. The predicted molar refractivity (Wildman–Crippen MR) is 103 cm³/mol. The number of imide groups is 1. The molecule has 0 aromatic heterocycles. The van der Waals surface area contributed by atoms with Crippen LogP contribution in [0.25, 0.3) is 5.57 Å². The summed E-state index contributed by atoms with van der Waals surface area (Å²) in [5, 5.41) is 3.11. The number of rotatable bonds is 5. The van der Waals surface area contributed by atoms with Crippen LogP contribution in [0.1, 0.15) is 19.4 Å². The third-order valence-corrected chi connectivity index (χ3v) is 4.65. The molecule has 2 heterocycles. The summed E-state index contributed by atoms with van der Waals surface area (Å²) in [7, 11) is 1.53. The molecule has 0 saturated heterocycles. The van der Waals surface area contributed by atoms with Crippen molar-refractivity contribution in [1.29, 1.82) is 0 Å². The lowest BCUT2D eigenvalue weighted by molar-refractivity contribution is -0.138. The number of nitrogens with one attached hydrogen (secondary N) is 1. The zero-order valence-electron chi connectivity index (χ0n) is 15.8. The molecule has 2 amide bonds. The standard InChI is InChI=1S/C21H20N2O5/c1-12(2)23-20(24)18(14-6-4-5-7-15(14)26-3)19(21(23)25)22-13-8-9-16-17(10-13)28-11-27-16/h4-10,12,22H,11H2,1-3H3. The second-order valence-electron chi connectivity index (χ2n) is 6.72. The lowest BCUT2D eigenvalue weighted by Gasteiger charge is -2.19. The van der Waals surface area contributed by atoms with E-state index in [2.05, 4.69) is 5.32 Å². The van der Waals surface area contributed by atoms with Crippen molar-refractivity contribution in [2.75, 3.05) is 19.2 Å². The fraction of sp³-hybridized carbons (Fsp3) is 0.238. The summed E-state index contributed by atoms with van der Waals surface area (Å²) in [6.07, 6.45) is 0. The maximum Gasteiger partial charge on any atom is 0.278 e. The molecule has 0 unspecified atom stereocenters. The van der Waals surface area contributed by atoms with Crippen molar-refractivity contribution in [3.8, 4) is 17.2 Å². The van der Waals surface area contributed by atoms with Crippen LogP contribution in [0, 0.1) is 0 Å². The van der Waals surface area contributed by atoms with Gasteiger partial charge in [0.2, 0.25) is 6.79 Å². The van der Waals surface area contributed by atoms with Gasteiger partial charge in [-0.2, -0.15) is 0 Å². The monoisotopic (exact) mass is 380 g/mol. The van der Waals surface area contributed by atoms with E-state index in [0.717, 1.165) is 0 Å². The second-order valence-corrected chi connectivity index (χ2v) is 6.72. The van der Waals surface area contributed by atoms with Gasteiger partial charge in [0.25, 0.3) is 11.8 Å². The van der Waals surface area contributed by atoms with E-state index >= 15 is 0 Å². The fourth-order valence-corrected chi connectivity index (χ4v) is 3.35. The maximum absolute atomic E-state index is 13.1.